The molecule has 0 saturated carbocycles. The molecule has 25 heavy (non-hydrogen) atoms. The maximum absolute atomic E-state index is 9.82. The van der Waals surface area contributed by atoms with E-state index in [-0.39, 0.29) is 0 Å². The highest BCUT2D eigenvalue weighted by Crippen LogP contribution is 2.44. The number of nitriles is 1. The summed E-state index contributed by atoms with van der Waals surface area (Å²) in [6.07, 6.45) is 0.779. The summed E-state index contributed by atoms with van der Waals surface area (Å²) in [7, 11) is 0. The number of ether oxygens (including phenoxy) is 1. The van der Waals surface area contributed by atoms with Crippen molar-refractivity contribution < 1.29 is 4.74 Å². The van der Waals surface area contributed by atoms with E-state index in [0.29, 0.717) is 18.1 Å². The van der Waals surface area contributed by atoms with Crippen LogP contribution in [0.15, 0.2) is 53.0 Å². The second-order valence-electron chi connectivity index (χ2n) is 5.88. The SMILES string of the molecule is CCOc1nc2c(c(-c3cccc(Br)c3)c1C#N)Cc1ccccc1-2. The summed E-state index contributed by atoms with van der Waals surface area (Å²) in [6.45, 7) is 2.38. The summed E-state index contributed by atoms with van der Waals surface area (Å²) in [4.78, 5) is 4.71. The predicted octanol–water partition coefficient (Wildman–Crippen LogP) is 5.35. The number of aromatic nitrogens is 1. The Morgan fingerprint density at radius 3 is 2.80 bits per heavy atom. The van der Waals surface area contributed by atoms with E-state index >= 15 is 0 Å². The van der Waals surface area contributed by atoms with Crippen molar-refractivity contribution in [3.63, 3.8) is 0 Å². The molecule has 1 aliphatic rings. The lowest BCUT2D eigenvalue weighted by Gasteiger charge is -2.15. The molecule has 0 N–H and O–H groups in total. The topological polar surface area (TPSA) is 45.9 Å². The van der Waals surface area contributed by atoms with E-state index in [2.05, 4.69) is 34.1 Å². The van der Waals surface area contributed by atoms with E-state index in [0.717, 1.165) is 38.8 Å². The van der Waals surface area contributed by atoms with Crippen LogP contribution in [0.1, 0.15) is 23.6 Å². The van der Waals surface area contributed by atoms with Crippen LogP contribution in [0.2, 0.25) is 0 Å². The van der Waals surface area contributed by atoms with Crippen LogP contribution in [0, 0.1) is 11.3 Å². The summed E-state index contributed by atoms with van der Waals surface area (Å²) in [5.41, 5.74) is 6.81. The van der Waals surface area contributed by atoms with Crippen molar-refractivity contribution in [3.8, 4) is 34.3 Å². The number of hydrogen-bond acceptors (Lipinski definition) is 3. The fourth-order valence-corrected chi connectivity index (χ4v) is 3.80. The van der Waals surface area contributed by atoms with E-state index in [1.54, 1.807) is 0 Å². The van der Waals surface area contributed by atoms with Gasteiger partial charge in [0.15, 0.2) is 0 Å². The minimum atomic E-state index is 0.412. The molecule has 0 radical (unpaired) electrons. The van der Waals surface area contributed by atoms with E-state index in [1.165, 1.54) is 5.56 Å². The van der Waals surface area contributed by atoms with Gasteiger partial charge in [0.05, 0.1) is 12.3 Å². The monoisotopic (exact) mass is 390 g/mol. The first kappa shape index (κ1) is 15.9. The van der Waals surface area contributed by atoms with Crippen molar-refractivity contribution in [2.45, 2.75) is 13.3 Å². The van der Waals surface area contributed by atoms with Crippen molar-refractivity contribution in [1.29, 1.82) is 5.26 Å². The molecule has 0 amide bonds. The normalized spacial score (nSPS) is 11.6. The number of nitrogens with zero attached hydrogens (tertiary/aromatic N) is 2. The Morgan fingerprint density at radius 2 is 2.04 bits per heavy atom. The number of hydrogen-bond donors (Lipinski definition) is 0. The quantitative estimate of drug-likeness (QED) is 0.473. The highest BCUT2D eigenvalue weighted by molar-refractivity contribution is 9.10. The first-order valence-electron chi connectivity index (χ1n) is 8.17. The average Bonchev–Trinajstić information content (AvgIpc) is 2.99. The number of fused-ring (bicyclic) bond motifs is 3. The van der Waals surface area contributed by atoms with Gasteiger partial charge in [0.1, 0.15) is 11.6 Å². The highest BCUT2D eigenvalue weighted by Gasteiger charge is 2.28. The van der Waals surface area contributed by atoms with Crippen LogP contribution in [-0.4, -0.2) is 11.6 Å². The Kier molecular flexibility index (Phi) is 4.03. The van der Waals surface area contributed by atoms with Crippen molar-refractivity contribution >= 4 is 15.9 Å². The lowest BCUT2D eigenvalue weighted by atomic mass is 9.94. The molecule has 0 bridgehead atoms. The smallest absolute Gasteiger partial charge is 0.232 e. The van der Waals surface area contributed by atoms with Gasteiger partial charge < -0.3 is 4.74 Å². The second-order valence-corrected chi connectivity index (χ2v) is 6.80. The third-order valence-electron chi connectivity index (χ3n) is 4.41. The van der Waals surface area contributed by atoms with E-state index in [4.69, 9.17) is 9.72 Å². The van der Waals surface area contributed by atoms with Gasteiger partial charge in [-0.3, -0.25) is 0 Å². The maximum Gasteiger partial charge on any atom is 0.232 e. The standard InChI is InChI=1S/C21H15BrN2O/c1-2-25-21-18(12-23)19(14-7-5-8-15(22)10-14)17-11-13-6-3-4-9-16(13)20(17)24-21/h3-10H,2,11H2,1H3. The zero-order valence-electron chi connectivity index (χ0n) is 13.7. The fraction of sp³-hybridized carbons (Fsp3) is 0.143. The van der Waals surface area contributed by atoms with Gasteiger partial charge in [0.25, 0.3) is 0 Å². The first-order chi connectivity index (χ1) is 12.2. The minimum Gasteiger partial charge on any atom is -0.477 e. The lowest BCUT2D eigenvalue weighted by Crippen LogP contribution is -2.03. The van der Waals surface area contributed by atoms with Crippen LogP contribution in [0.25, 0.3) is 22.4 Å². The van der Waals surface area contributed by atoms with Crippen molar-refractivity contribution in [1.82, 2.24) is 4.98 Å². The van der Waals surface area contributed by atoms with Gasteiger partial charge in [0, 0.05) is 22.0 Å². The van der Waals surface area contributed by atoms with Gasteiger partial charge in [-0.2, -0.15) is 5.26 Å². The molecule has 3 aromatic rings. The molecule has 122 valence electrons. The molecule has 2 aromatic carbocycles. The zero-order chi connectivity index (χ0) is 17.4. The van der Waals surface area contributed by atoms with Crippen LogP contribution >= 0.6 is 15.9 Å². The summed E-state index contributed by atoms with van der Waals surface area (Å²) in [6, 6.07) is 18.6. The van der Waals surface area contributed by atoms with Gasteiger partial charge >= 0.3 is 0 Å². The van der Waals surface area contributed by atoms with E-state index in [9.17, 15) is 5.26 Å². The Labute approximate surface area is 155 Å². The van der Waals surface area contributed by atoms with Crippen molar-refractivity contribution in [3.05, 3.63) is 69.7 Å². The Morgan fingerprint density at radius 1 is 1.20 bits per heavy atom. The highest BCUT2D eigenvalue weighted by atomic mass is 79.9. The molecule has 0 fully saturated rings. The molecular formula is C21H15BrN2O. The van der Waals surface area contributed by atoms with E-state index < -0.39 is 0 Å². The number of rotatable bonds is 3. The summed E-state index contributed by atoms with van der Waals surface area (Å²) >= 11 is 3.53. The van der Waals surface area contributed by atoms with Crippen LogP contribution in [0.4, 0.5) is 0 Å². The molecule has 4 rings (SSSR count). The number of halogens is 1. The Bertz CT molecular complexity index is 1020. The summed E-state index contributed by atoms with van der Waals surface area (Å²) < 4.78 is 6.69. The zero-order valence-corrected chi connectivity index (χ0v) is 15.3. The molecule has 1 aliphatic carbocycles. The predicted molar refractivity (Wildman–Crippen MR) is 101 cm³/mol. The molecule has 0 unspecified atom stereocenters. The fourth-order valence-electron chi connectivity index (χ4n) is 3.40. The van der Waals surface area contributed by atoms with Crippen LogP contribution in [-0.2, 0) is 6.42 Å². The Balaban J connectivity index is 2.06. The van der Waals surface area contributed by atoms with Crippen molar-refractivity contribution in [2.24, 2.45) is 0 Å². The molecule has 0 saturated heterocycles. The van der Waals surface area contributed by atoms with Gasteiger partial charge in [-0.05, 0) is 35.7 Å². The third kappa shape index (κ3) is 2.61. The third-order valence-corrected chi connectivity index (χ3v) is 4.90. The summed E-state index contributed by atoms with van der Waals surface area (Å²) in [5.74, 6) is 0.412. The largest absolute Gasteiger partial charge is 0.477 e. The van der Waals surface area contributed by atoms with Crippen LogP contribution < -0.4 is 4.74 Å². The average molecular weight is 391 g/mol. The summed E-state index contributed by atoms with van der Waals surface area (Å²) in [5, 5.41) is 9.82. The second kappa shape index (κ2) is 6.34. The Hall–Kier alpha value is -2.64. The molecule has 0 atom stereocenters. The first-order valence-corrected chi connectivity index (χ1v) is 8.96. The molecule has 0 aliphatic heterocycles. The molecule has 3 nitrogen and oxygen atoms in total. The van der Waals surface area contributed by atoms with Crippen LogP contribution in [0.5, 0.6) is 5.88 Å². The maximum atomic E-state index is 9.82. The molecule has 0 spiro atoms. The lowest BCUT2D eigenvalue weighted by molar-refractivity contribution is 0.326. The van der Waals surface area contributed by atoms with Gasteiger partial charge in [-0.25, -0.2) is 4.98 Å². The molecule has 1 aromatic heterocycles. The molecule has 1 heterocycles. The minimum absolute atomic E-state index is 0.412. The van der Waals surface area contributed by atoms with Gasteiger partial charge in [-0.1, -0.05) is 52.3 Å². The number of benzene rings is 2. The molecular weight excluding hydrogens is 376 g/mol. The van der Waals surface area contributed by atoms with Crippen LogP contribution in [0.3, 0.4) is 0 Å². The number of pyridine rings is 1. The van der Waals surface area contributed by atoms with Crippen molar-refractivity contribution in [2.75, 3.05) is 6.61 Å². The van der Waals surface area contributed by atoms with Gasteiger partial charge in [-0.15, -0.1) is 0 Å². The van der Waals surface area contributed by atoms with E-state index in [1.807, 2.05) is 43.3 Å². The molecule has 4 heteroatoms. The van der Waals surface area contributed by atoms with Gasteiger partial charge in [0.2, 0.25) is 5.88 Å².